The number of hydrogen-bond donors (Lipinski definition) is 1. The number of aryl methyl sites for hydroxylation is 1. The number of ketones is 1. The fourth-order valence-corrected chi connectivity index (χ4v) is 9.22. The summed E-state index contributed by atoms with van der Waals surface area (Å²) in [5.74, 6) is 0.286. The fourth-order valence-electron chi connectivity index (χ4n) is 6.39. The first-order valence-corrected chi connectivity index (χ1v) is 23.1. The molecule has 3 nitrogen and oxygen atoms in total. The number of rotatable bonds is 10. The molecule has 0 spiro atoms. The van der Waals surface area contributed by atoms with Gasteiger partial charge in [-0.3, -0.25) is 4.79 Å². The van der Waals surface area contributed by atoms with Crippen LogP contribution in [-0.2, 0) is 36.7 Å². The Balaban J connectivity index is 0.000000428. The Morgan fingerprint density at radius 2 is 1.45 bits per heavy atom. The molecule has 4 aromatic rings. The average Bonchev–Trinajstić information content (AvgIpc) is 3.44. The van der Waals surface area contributed by atoms with E-state index < -0.39 is 8.07 Å². The molecule has 0 atom stereocenters. The van der Waals surface area contributed by atoms with E-state index in [1.54, 1.807) is 5.19 Å². The predicted molar refractivity (Wildman–Crippen MR) is 224 cm³/mol. The number of hydrogen-bond acceptors (Lipinski definition) is 4. The fraction of sp³-hybridized carbons (Fsp3) is 0.556. The summed E-state index contributed by atoms with van der Waals surface area (Å²) >= 11 is 1.91. The first-order chi connectivity index (χ1) is 22.9. The molecule has 0 amide bonds. The van der Waals surface area contributed by atoms with E-state index in [0.717, 1.165) is 43.4 Å². The summed E-state index contributed by atoms with van der Waals surface area (Å²) in [7, 11) is -1.59. The maximum absolute atomic E-state index is 12.2. The number of nitrogens with zero attached hydrogens (tertiary/aromatic N) is 1. The molecule has 1 N–H and O–H groups in total. The van der Waals surface area contributed by atoms with Gasteiger partial charge in [0.25, 0.3) is 0 Å². The number of aliphatic hydroxyl groups excluding tert-OH is 1. The van der Waals surface area contributed by atoms with E-state index in [2.05, 4.69) is 104 Å². The Labute approximate surface area is 329 Å². The van der Waals surface area contributed by atoms with Crippen molar-refractivity contribution in [3.63, 3.8) is 0 Å². The minimum absolute atomic E-state index is 0. The topological polar surface area (TPSA) is 50.2 Å². The second-order valence-electron chi connectivity index (χ2n) is 18.3. The van der Waals surface area contributed by atoms with E-state index in [-0.39, 0.29) is 53.3 Å². The number of carbonyl (C=O) groups excluding carboxylic acids is 1. The maximum Gasteiger partial charge on any atom is 0.164 e. The van der Waals surface area contributed by atoms with Crippen LogP contribution in [0.5, 0.6) is 0 Å². The zero-order chi connectivity index (χ0) is 38.0. The largest absolute Gasteiger partial charge is 0.512 e. The number of benzene rings is 2. The molecule has 2 heterocycles. The number of aromatic nitrogens is 1. The monoisotopic (exact) mass is 905 g/mol. The first kappa shape index (κ1) is 45.0. The summed E-state index contributed by atoms with van der Waals surface area (Å²) in [6.45, 7) is 35.5. The molecular weight excluding hydrogens is 839 g/mol. The van der Waals surface area contributed by atoms with Crippen LogP contribution in [0.2, 0.25) is 19.6 Å². The molecule has 0 fully saturated rings. The van der Waals surface area contributed by atoms with Crippen molar-refractivity contribution < 1.29 is 30.0 Å². The Hall–Kier alpha value is -2.11. The smallest absolute Gasteiger partial charge is 0.164 e. The van der Waals surface area contributed by atoms with Crippen molar-refractivity contribution in [3.05, 3.63) is 70.4 Å². The molecule has 283 valence electrons. The van der Waals surface area contributed by atoms with Gasteiger partial charge >= 0.3 is 0 Å². The van der Waals surface area contributed by atoms with Crippen LogP contribution in [0.4, 0.5) is 0 Å². The molecule has 0 saturated carbocycles. The van der Waals surface area contributed by atoms with Crippen LogP contribution in [0.3, 0.4) is 0 Å². The summed E-state index contributed by atoms with van der Waals surface area (Å²) in [6, 6.07) is 12.9. The van der Waals surface area contributed by atoms with Gasteiger partial charge in [0.1, 0.15) is 5.76 Å². The van der Waals surface area contributed by atoms with Crippen LogP contribution >= 0.6 is 11.3 Å². The number of fused-ring (bicyclic) bond motifs is 3. The Kier molecular flexibility index (Phi) is 14.9. The van der Waals surface area contributed by atoms with Crippen molar-refractivity contribution in [1.82, 2.24) is 4.98 Å². The molecule has 0 aliphatic heterocycles. The van der Waals surface area contributed by atoms with E-state index in [1.165, 1.54) is 43.6 Å². The molecule has 51 heavy (non-hydrogen) atoms. The Bertz CT molecular complexity index is 1840. The molecule has 0 saturated heterocycles. The van der Waals surface area contributed by atoms with Gasteiger partial charge in [-0.2, -0.15) is 0 Å². The number of allylic oxidation sites excluding steroid dienone is 2. The molecule has 0 aliphatic carbocycles. The van der Waals surface area contributed by atoms with Crippen LogP contribution in [0.1, 0.15) is 125 Å². The van der Waals surface area contributed by atoms with Crippen molar-refractivity contribution in [2.24, 2.45) is 16.2 Å². The zero-order valence-corrected chi connectivity index (χ0v) is 38.8. The summed E-state index contributed by atoms with van der Waals surface area (Å²) in [5, 5.41) is 18.2. The van der Waals surface area contributed by atoms with E-state index in [1.807, 2.05) is 59.1 Å². The van der Waals surface area contributed by atoms with Crippen molar-refractivity contribution in [3.8, 4) is 11.3 Å². The van der Waals surface area contributed by atoms with Gasteiger partial charge < -0.3 is 10.1 Å². The Morgan fingerprint density at radius 1 is 0.882 bits per heavy atom. The quantitative estimate of drug-likeness (QED) is 0.0746. The number of aliphatic hydroxyl groups is 1. The van der Waals surface area contributed by atoms with E-state index in [4.69, 9.17) is 4.98 Å². The van der Waals surface area contributed by atoms with Gasteiger partial charge in [-0.15, -0.1) is 46.2 Å². The van der Waals surface area contributed by atoms with Gasteiger partial charge in [0.2, 0.25) is 0 Å². The van der Waals surface area contributed by atoms with E-state index in [9.17, 15) is 9.90 Å². The second kappa shape index (κ2) is 16.9. The summed E-state index contributed by atoms with van der Waals surface area (Å²) in [5.41, 5.74) is 5.95. The van der Waals surface area contributed by atoms with Gasteiger partial charge in [0.05, 0.1) is 8.07 Å². The predicted octanol–water partition coefficient (Wildman–Crippen LogP) is 13.3. The third-order valence-electron chi connectivity index (χ3n) is 10.9. The van der Waals surface area contributed by atoms with E-state index >= 15 is 0 Å². The molecule has 4 rings (SSSR count). The molecule has 2 aromatic carbocycles. The molecule has 0 unspecified atom stereocenters. The normalized spacial score (nSPS) is 13.2. The van der Waals surface area contributed by atoms with Crippen molar-refractivity contribution in [2.75, 3.05) is 0 Å². The van der Waals surface area contributed by atoms with Gasteiger partial charge in [0.15, 0.2) is 5.78 Å². The SMILES string of the molecule is CCC(C)(CC)C(=O)/C=C(\O)C(C)(CC)CC.Cc1[c-]c(-c2nccc3c2cc([Si](C)(C)C)c2c(CC(C)(C)C)csc23)cc(C(C)(C)C)c1.[Ir]. The van der Waals surface area contributed by atoms with Gasteiger partial charge in [-0.1, -0.05) is 121 Å². The van der Waals surface area contributed by atoms with Crippen LogP contribution in [-0.4, -0.2) is 23.9 Å². The van der Waals surface area contributed by atoms with Gasteiger partial charge in [-0.05, 0) is 81.8 Å². The van der Waals surface area contributed by atoms with Crippen molar-refractivity contribution in [1.29, 1.82) is 0 Å². The molecule has 0 bridgehead atoms. The van der Waals surface area contributed by atoms with Crippen molar-refractivity contribution >= 4 is 51.2 Å². The zero-order valence-electron chi connectivity index (χ0n) is 34.6. The Morgan fingerprint density at radius 3 is 1.94 bits per heavy atom. The standard InChI is InChI=1S/C30H38NSSi.C15H28O2.Ir/c1-19-13-20(15-22(14-19)30(5,6)7)27-24-16-25(33(8,9)10)26-21(17-29(2,3)4)18-32-28(26)23(24)11-12-31-27;1-7-14(5,8-2)12(16)11-13(17)15(6,9-3)10-4;/h11-12,14-16,18H,17H2,1-10H3;11,16H,7-10H2,1-6H3;/q-1;;/b;12-11-;. The average molecular weight is 905 g/mol. The number of carbonyl (C=O) groups is 1. The minimum atomic E-state index is -1.59. The molecule has 0 aliphatic rings. The van der Waals surface area contributed by atoms with E-state index in [0.29, 0.717) is 0 Å². The summed E-state index contributed by atoms with van der Waals surface area (Å²) in [6.07, 6.45) is 7.85. The van der Waals surface area contributed by atoms with Crippen LogP contribution in [0, 0.1) is 29.2 Å². The first-order valence-electron chi connectivity index (χ1n) is 18.8. The van der Waals surface area contributed by atoms with Crippen LogP contribution in [0.15, 0.2) is 47.7 Å². The maximum atomic E-state index is 12.2. The number of thiophene rings is 1. The van der Waals surface area contributed by atoms with Crippen molar-refractivity contribution in [2.45, 2.75) is 147 Å². The summed E-state index contributed by atoms with van der Waals surface area (Å²) < 4.78 is 1.43. The van der Waals surface area contributed by atoms with Gasteiger partial charge in [0, 0.05) is 47.9 Å². The minimum Gasteiger partial charge on any atom is -0.512 e. The summed E-state index contributed by atoms with van der Waals surface area (Å²) in [4.78, 5) is 17.1. The number of pyridine rings is 1. The third-order valence-corrected chi connectivity index (χ3v) is 14.0. The molecule has 6 heteroatoms. The third kappa shape index (κ3) is 10.5. The molecule has 2 aromatic heterocycles. The molecule has 1 radical (unpaired) electrons. The van der Waals surface area contributed by atoms with Crippen LogP contribution < -0.4 is 5.19 Å². The second-order valence-corrected chi connectivity index (χ2v) is 24.2. The molecular formula is C45H66IrNO2SSi-. The van der Waals surface area contributed by atoms with Gasteiger partial charge in [-0.25, -0.2) is 0 Å². The van der Waals surface area contributed by atoms with Crippen LogP contribution in [0.25, 0.3) is 32.1 Å².